The molecule has 0 fully saturated rings. The van der Waals surface area contributed by atoms with Crippen molar-refractivity contribution in [2.45, 2.75) is 32.8 Å². The van der Waals surface area contributed by atoms with E-state index in [9.17, 15) is 9.18 Å². The molecule has 1 aromatic rings. The first-order valence-electron chi connectivity index (χ1n) is 5.57. The van der Waals surface area contributed by atoms with Crippen LogP contribution in [0.25, 0.3) is 0 Å². The molecule has 0 aliphatic heterocycles. The Labute approximate surface area is 114 Å². The third kappa shape index (κ3) is 5.49. The van der Waals surface area contributed by atoms with Gasteiger partial charge in [0, 0.05) is 0 Å². The fraction of sp³-hybridized carbons (Fsp3) is 0.462. The molecule has 1 rings (SSSR count). The van der Waals surface area contributed by atoms with Crippen molar-refractivity contribution >= 4 is 21.9 Å². The molecular formula is C13H16BrFO3. The number of carbonyl (C=O) groups excluding carboxylic acids is 1. The van der Waals surface area contributed by atoms with Gasteiger partial charge in [-0.05, 0) is 54.9 Å². The highest BCUT2D eigenvalue weighted by molar-refractivity contribution is 9.10. The van der Waals surface area contributed by atoms with Gasteiger partial charge in [-0.3, -0.25) is 4.79 Å². The summed E-state index contributed by atoms with van der Waals surface area (Å²) in [4.78, 5) is 11.4. The molecule has 0 aromatic heterocycles. The Kier molecular flexibility index (Phi) is 5.14. The first-order valence-corrected chi connectivity index (χ1v) is 6.37. The lowest BCUT2D eigenvalue weighted by molar-refractivity contribution is -0.155. The molecule has 5 heteroatoms. The van der Waals surface area contributed by atoms with Crippen molar-refractivity contribution in [2.75, 3.05) is 6.61 Å². The van der Waals surface area contributed by atoms with Gasteiger partial charge < -0.3 is 9.47 Å². The van der Waals surface area contributed by atoms with E-state index in [0.29, 0.717) is 10.2 Å². The van der Waals surface area contributed by atoms with E-state index in [2.05, 4.69) is 15.9 Å². The summed E-state index contributed by atoms with van der Waals surface area (Å²) >= 11 is 3.18. The first kappa shape index (κ1) is 15.0. The van der Waals surface area contributed by atoms with E-state index in [1.54, 1.807) is 0 Å². The van der Waals surface area contributed by atoms with Crippen molar-refractivity contribution in [3.63, 3.8) is 0 Å². The number of ether oxygens (including phenoxy) is 2. The summed E-state index contributed by atoms with van der Waals surface area (Å²) in [6, 6.07) is 4.12. The Balaban J connectivity index is 2.40. The Morgan fingerprint density at radius 3 is 2.61 bits per heavy atom. The average molecular weight is 319 g/mol. The normalized spacial score (nSPS) is 11.2. The van der Waals surface area contributed by atoms with Gasteiger partial charge in [0.1, 0.15) is 17.2 Å². The smallest absolute Gasteiger partial charge is 0.309 e. The largest absolute Gasteiger partial charge is 0.492 e. The van der Waals surface area contributed by atoms with Gasteiger partial charge in [-0.15, -0.1) is 0 Å². The number of hydrogen-bond donors (Lipinski definition) is 0. The highest BCUT2D eigenvalue weighted by atomic mass is 79.9. The lowest BCUT2D eigenvalue weighted by Gasteiger charge is -2.19. The van der Waals surface area contributed by atoms with Gasteiger partial charge in [-0.2, -0.15) is 0 Å². The van der Waals surface area contributed by atoms with Crippen LogP contribution < -0.4 is 4.74 Å². The third-order valence-corrected chi connectivity index (χ3v) is 2.50. The van der Waals surface area contributed by atoms with Crippen molar-refractivity contribution < 1.29 is 18.7 Å². The van der Waals surface area contributed by atoms with Gasteiger partial charge in [0.05, 0.1) is 17.5 Å². The molecule has 0 spiro atoms. The summed E-state index contributed by atoms with van der Waals surface area (Å²) in [5.74, 6) is -0.165. The molecular weight excluding hydrogens is 303 g/mol. The molecule has 0 heterocycles. The fourth-order valence-corrected chi connectivity index (χ4v) is 1.69. The van der Waals surface area contributed by atoms with E-state index in [1.165, 1.54) is 18.2 Å². The molecule has 0 saturated carbocycles. The molecule has 0 unspecified atom stereocenters. The van der Waals surface area contributed by atoms with Crippen LogP contribution in [0, 0.1) is 5.82 Å². The third-order valence-electron chi connectivity index (χ3n) is 1.88. The SMILES string of the molecule is CC(C)(C)OC(=O)CCOc1ccc(F)cc1Br. The zero-order valence-electron chi connectivity index (χ0n) is 10.6. The number of hydrogen-bond acceptors (Lipinski definition) is 3. The minimum Gasteiger partial charge on any atom is -0.492 e. The summed E-state index contributed by atoms with van der Waals surface area (Å²) in [6.45, 7) is 5.62. The van der Waals surface area contributed by atoms with Crippen molar-refractivity contribution in [1.82, 2.24) is 0 Å². The van der Waals surface area contributed by atoms with Crippen LogP contribution in [0.4, 0.5) is 4.39 Å². The standard InChI is InChI=1S/C13H16BrFO3/c1-13(2,3)18-12(16)6-7-17-11-5-4-9(15)8-10(11)14/h4-5,8H,6-7H2,1-3H3. The zero-order valence-corrected chi connectivity index (χ0v) is 12.2. The van der Waals surface area contributed by atoms with E-state index in [0.717, 1.165) is 0 Å². The van der Waals surface area contributed by atoms with Crippen LogP contribution in [0.2, 0.25) is 0 Å². The zero-order chi connectivity index (χ0) is 13.8. The monoisotopic (exact) mass is 318 g/mol. The molecule has 1 aromatic carbocycles. The number of benzene rings is 1. The minimum atomic E-state index is -0.493. The summed E-state index contributed by atoms with van der Waals surface area (Å²) in [5.41, 5.74) is -0.493. The van der Waals surface area contributed by atoms with Gasteiger partial charge in [-0.1, -0.05) is 0 Å². The Morgan fingerprint density at radius 1 is 1.39 bits per heavy atom. The van der Waals surface area contributed by atoms with Crippen molar-refractivity contribution in [3.05, 3.63) is 28.5 Å². The Bertz CT molecular complexity index is 427. The maximum Gasteiger partial charge on any atom is 0.309 e. The molecule has 100 valence electrons. The second kappa shape index (κ2) is 6.18. The Morgan fingerprint density at radius 2 is 2.06 bits per heavy atom. The lowest BCUT2D eigenvalue weighted by atomic mass is 10.2. The quantitative estimate of drug-likeness (QED) is 0.794. The van der Waals surface area contributed by atoms with Gasteiger partial charge in [-0.25, -0.2) is 4.39 Å². The van der Waals surface area contributed by atoms with Crippen molar-refractivity contribution in [2.24, 2.45) is 0 Å². The van der Waals surface area contributed by atoms with E-state index < -0.39 is 5.60 Å². The number of rotatable bonds is 4. The summed E-state index contributed by atoms with van der Waals surface area (Å²) in [6.07, 6.45) is 0.154. The predicted molar refractivity (Wildman–Crippen MR) is 70.1 cm³/mol. The van der Waals surface area contributed by atoms with Crippen LogP contribution in [0.1, 0.15) is 27.2 Å². The summed E-state index contributed by atoms with van der Waals surface area (Å²) in [7, 11) is 0. The first-order chi connectivity index (χ1) is 8.28. The summed E-state index contributed by atoms with van der Waals surface area (Å²) < 4.78 is 23.8. The molecule has 0 atom stereocenters. The lowest BCUT2D eigenvalue weighted by Crippen LogP contribution is -2.24. The van der Waals surface area contributed by atoms with E-state index in [1.807, 2.05) is 20.8 Å². The molecule has 0 amide bonds. The fourth-order valence-electron chi connectivity index (χ4n) is 1.23. The van der Waals surface area contributed by atoms with Crippen LogP contribution in [0.15, 0.2) is 22.7 Å². The molecule has 0 saturated heterocycles. The molecule has 3 nitrogen and oxygen atoms in total. The molecule has 0 N–H and O–H groups in total. The molecule has 0 bridgehead atoms. The van der Waals surface area contributed by atoms with E-state index in [-0.39, 0.29) is 24.8 Å². The minimum absolute atomic E-state index is 0.154. The average Bonchev–Trinajstić information content (AvgIpc) is 2.18. The highest BCUT2D eigenvalue weighted by Gasteiger charge is 2.16. The number of esters is 1. The second-order valence-corrected chi connectivity index (χ2v) is 5.61. The van der Waals surface area contributed by atoms with Crippen molar-refractivity contribution in [3.8, 4) is 5.75 Å². The second-order valence-electron chi connectivity index (χ2n) is 4.76. The van der Waals surface area contributed by atoms with Crippen LogP contribution in [0.5, 0.6) is 5.75 Å². The maximum absolute atomic E-state index is 12.8. The van der Waals surface area contributed by atoms with Crippen LogP contribution >= 0.6 is 15.9 Å². The van der Waals surface area contributed by atoms with Gasteiger partial charge >= 0.3 is 5.97 Å². The van der Waals surface area contributed by atoms with Crippen LogP contribution in [-0.4, -0.2) is 18.2 Å². The van der Waals surface area contributed by atoms with Crippen LogP contribution in [0.3, 0.4) is 0 Å². The number of carbonyl (C=O) groups is 1. The van der Waals surface area contributed by atoms with Crippen LogP contribution in [-0.2, 0) is 9.53 Å². The topological polar surface area (TPSA) is 35.5 Å². The van der Waals surface area contributed by atoms with Crippen molar-refractivity contribution in [1.29, 1.82) is 0 Å². The Hall–Kier alpha value is -1.10. The predicted octanol–water partition coefficient (Wildman–Crippen LogP) is 3.70. The van der Waals surface area contributed by atoms with E-state index >= 15 is 0 Å². The van der Waals surface area contributed by atoms with Gasteiger partial charge in [0.15, 0.2) is 0 Å². The molecule has 0 aliphatic carbocycles. The van der Waals surface area contributed by atoms with Gasteiger partial charge in [0.2, 0.25) is 0 Å². The number of halogens is 2. The summed E-state index contributed by atoms with van der Waals surface area (Å²) in [5, 5.41) is 0. The van der Waals surface area contributed by atoms with E-state index in [4.69, 9.17) is 9.47 Å². The maximum atomic E-state index is 12.8. The molecule has 0 aliphatic rings. The van der Waals surface area contributed by atoms with Gasteiger partial charge in [0.25, 0.3) is 0 Å². The molecule has 18 heavy (non-hydrogen) atoms. The molecule has 0 radical (unpaired) electrons. The highest BCUT2D eigenvalue weighted by Crippen LogP contribution is 2.25.